The van der Waals surface area contributed by atoms with Crippen molar-refractivity contribution >= 4 is 17.0 Å². The van der Waals surface area contributed by atoms with Crippen LogP contribution in [-0.4, -0.2) is 49.2 Å². The predicted molar refractivity (Wildman–Crippen MR) is 82.5 cm³/mol. The SMILES string of the molecule is [2H]C1([2H])OC(=O)N[C@@]1([2H])Cc1ccc2[nH]cc(CCN(C)C)c2c1. The highest BCUT2D eigenvalue weighted by molar-refractivity contribution is 5.84. The fourth-order valence-electron chi connectivity index (χ4n) is 2.45. The average molecular weight is 290 g/mol. The molecular weight excluding hydrogens is 266 g/mol. The van der Waals surface area contributed by atoms with Crippen molar-refractivity contribution in [2.24, 2.45) is 0 Å². The van der Waals surface area contributed by atoms with E-state index >= 15 is 0 Å². The summed E-state index contributed by atoms with van der Waals surface area (Å²) in [5, 5.41) is 3.34. The van der Waals surface area contributed by atoms with E-state index in [2.05, 4.69) is 19.9 Å². The highest BCUT2D eigenvalue weighted by Gasteiger charge is 2.22. The smallest absolute Gasteiger partial charge is 0.407 e. The first-order chi connectivity index (χ1) is 11.2. The van der Waals surface area contributed by atoms with Crippen LogP contribution in [-0.2, 0) is 17.6 Å². The molecule has 5 heteroatoms. The molecule has 0 aliphatic carbocycles. The molecule has 5 nitrogen and oxygen atoms in total. The molecule has 0 unspecified atom stereocenters. The third-order valence-corrected chi connectivity index (χ3v) is 3.56. The zero-order chi connectivity index (χ0) is 17.5. The van der Waals surface area contributed by atoms with Gasteiger partial charge in [0.1, 0.15) is 6.56 Å². The average Bonchev–Trinajstić information content (AvgIpc) is 2.94. The van der Waals surface area contributed by atoms with Crippen LogP contribution in [0.15, 0.2) is 24.4 Å². The highest BCUT2D eigenvalue weighted by atomic mass is 16.6. The van der Waals surface area contributed by atoms with Crippen molar-refractivity contribution in [1.29, 1.82) is 0 Å². The van der Waals surface area contributed by atoms with Gasteiger partial charge in [0.05, 0.1) is 10.1 Å². The molecule has 2 heterocycles. The monoisotopic (exact) mass is 290 g/mol. The number of H-pyrrole nitrogens is 1. The second kappa shape index (κ2) is 5.77. The van der Waals surface area contributed by atoms with Gasteiger partial charge in [-0.25, -0.2) is 4.79 Å². The number of ether oxygens (including phenoxy) is 1. The van der Waals surface area contributed by atoms with E-state index in [1.165, 1.54) is 5.56 Å². The number of benzene rings is 1. The first-order valence-electron chi connectivity index (χ1n) is 8.45. The van der Waals surface area contributed by atoms with Crippen LogP contribution in [0, 0.1) is 0 Å². The first kappa shape index (κ1) is 10.7. The summed E-state index contributed by atoms with van der Waals surface area (Å²) in [6.07, 6.45) is 2.00. The van der Waals surface area contributed by atoms with Gasteiger partial charge in [-0.3, -0.25) is 0 Å². The number of rotatable bonds is 5. The minimum atomic E-state index is -2.37. The van der Waals surface area contributed by atoms with Crippen molar-refractivity contribution in [2.75, 3.05) is 27.2 Å². The van der Waals surface area contributed by atoms with E-state index in [4.69, 9.17) is 4.11 Å². The number of alkyl carbamates (subject to hydrolysis) is 1. The maximum absolute atomic E-state index is 11.3. The van der Waals surface area contributed by atoms with Crippen molar-refractivity contribution in [3.63, 3.8) is 0 Å². The van der Waals surface area contributed by atoms with Gasteiger partial charge in [-0.05, 0) is 50.2 Å². The van der Waals surface area contributed by atoms with Gasteiger partial charge >= 0.3 is 6.09 Å². The number of fused-ring (bicyclic) bond motifs is 1. The van der Waals surface area contributed by atoms with E-state index in [0.29, 0.717) is 0 Å². The van der Waals surface area contributed by atoms with Crippen LogP contribution >= 0.6 is 0 Å². The predicted octanol–water partition coefficient (Wildman–Crippen LogP) is 1.92. The molecule has 1 fully saturated rings. The fourth-order valence-corrected chi connectivity index (χ4v) is 2.45. The van der Waals surface area contributed by atoms with Crippen LogP contribution in [0.25, 0.3) is 10.9 Å². The third-order valence-electron chi connectivity index (χ3n) is 3.56. The molecular formula is C16H21N3O2. The number of nitrogens with zero attached hydrogens (tertiary/aromatic N) is 1. The Hall–Kier alpha value is -2.01. The van der Waals surface area contributed by atoms with Crippen molar-refractivity contribution in [3.05, 3.63) is 35.5 Å². The topological polar surface area (TPSA) is 57.4 Å². The Morgan fingerprint density at radius 1 is 1.52 bits per heavy atom. The molecule has 3 rings (SSSR count). The van der Waals surface area contributed by atoms with Gasteiger partial charge in [0.2, 0.25) is 0 Å². The second-order valence-corrected chi connectivity index (χ2v) is 5.52. The Morgan fingerprint density at radius 2 is 2.38 bits per heavy atom. The van der Waals surface area contributed by atoms with E-state index in [1.807, 2.05) is 38.5 Å². The van der Waals surface area contributed by atoms with Crippen molar-refractivity contribution in [2.45, 2.75) is 18.9 Å². The molecule has 0 saturated carbocycles. The molecule has 1 aromatic carbocycles. The van der Waals surface area contributed by atoms with E-state index in [0.717, 1.165) is 29.4 Å². The number of hydrogen-bond acceptors (Lipinski definition) is 3. The molecule has 2 N–H and O–H groups in total. The van der Waals surface area contributed by atoms with Crippen LogP contribution in [0.1, 0.15) is 15.2 Å². The quantitative estimate of drug-likeness (QED) is 0.884. The second-order valence-electron chi connectivity index (χ2n) is 5.52. The summed E-state index contributed by atoms with van der Waals surface area (Å²) in [4.78, 5) is 16.7. The van der Waals surface area contributed by atoms with Crippen LogP contribution < -0.4 is 5.32 Å². The molecule has 1 amide bonds. The maximum Gasteiger partial charge on any atom is 0.407 e. The van der Waals surface area contributed by atoms with Crippen molar-refractivity contribution < 1.29 is 13.6 Å². The Labute approximate surface area is 128 Å². The normalized spacial score (nSPS) is 26.2. The van der Waals surface area contributed by atoms with Gasteiger partial charge in [0, 0.05) is 23.6 Å². The van der Waals surface area contributed by atoms with Gasteiger partial charge < -0.3 is 19.9 Å². The van der Waals surface area contributed by atoms with E-state index in [1.54, 1.807) is 0 Å². The Kier molecular flexibility index (Phi) is 2.94. The summed E-state index contributed by atoms with van der Waals surface area (Å²) < 4.78 is 28.4. The summed E-state index contributed by atoms with van der Waals surface area (Å²) in [5.74, 6) is 0. The van der Waals surface area contributed by atoms with Crippen LogP contribution in [0.5, 0.6) is 0 Å². The molecule has 0 spiro atoms. The van der Waals surface area contributed by atoms with E-state index in [9.17, 15) is 4.79 Å². The number of hydrogen-bond donors (Lipinski definition) is 2. The molecule has 1 saturated heterocycles. The number of aromatic nitrogens is 1. The summed E-state index contributed by atoms with van der Waals surface area (Å²) in [6, 6.07) is 3.87. The molecule has 0 bridgehead atoms. The number of likely N-dealkylation sites (N-methyl/N-ethyl adjacent to an activating group) is 1. The zero-order valence-electron chi connectivity index (χ0n) is 15.2. The lowest BCUT2D eigenvalue weighted by atomic mass is 10.0. The number of carbonyl (C=O) groups is 1. The summed E-state index contributed by atoms with van der Waals surface area (Å²) in [7, 11) is 4.05. The van der Waals surface area contributed by atoms with Crippen LogP contribution in [0.2, 0.25) is 0 Å². The summed E-state index contributed by atoms with van der Waals surface area (Å²) in [5.41, 5.74) is 2.95. The van der Waals surface area contributed by atoms with E-state index in [-0.39, 0.29) is 6.42 Å². The molecule has 1 aliphatic rings. The third kappa shape index (κ3) is 3.19. The minimum absolute atomic E-state index is 0.0278. The minimum Gasteiger partial charge on any atom is -0.447 e. The van der Waals surface area contributed by atoms with Crippen molar-refractivity contribution in [3.8, 4) is 0 Å². The number of nitrogens with one attached hydrogen (secondary N) is 2. The lowest BCUT2D eigenvalue weighted by Crippen LogP contribution is -2.28. The van der Waals surface area contributed by atoms with E-state index < -0.39 is 18.7 Å². The summed E-state index contributed by atoms with van der Waals surface area (Å²) in [6.45, 7) is -1.45. The molecule has 1 atom stereocenters. The molecule has 1 aromatic heterocycles. The summed E-state index contributed by atoms with van der Waals surface area (Å²) >= 11 is 0. The van der Waals surface area contributed by atoms with Gasteiger partial charge in [0.25, 0.3) is 0 Å². The van der Waals surface area contributed by atoms with Gasteiger partial charge in [0.15, 0.2) is 0 Å². The zero-order valence-corrected chi connectivity index (χ0v) is 12.2. The number of aromatic amines is 1. The highest BCUT2D eigenvalue weighted by Crippen LogP contribution is 2.21. The van der Waals surface area contributed by atoms with Crippen LogP contribution in [0.4, 0.5) is 4.79 Å². The Bertz CT molecular complexity index is 775. The Balaban J connectivity index is 1.88. The number of cyclic esters (lactones) is 1. The largest absolute Gasteiger partial charge is 0.447 e. The van der Waals surface area contributed by atoms with Crippen LogP contribution in [0.3, 0.4) is 0 Å². The lowest BCUT2D eigenvalue weighted by molar-refractivity contribution is 0.177. The Morgan fingerprint density at radius 3 is 3.10 bits per heavy atom. The van der Waals surface area contributed by atoms with Gasteiger partial charge in [-0.1, -0.05) is 6.07 Å². The van der Waals surface area contributed by atoms with Gasteiger partial charge in [-0.2, -0.15) is 0 Å². The molecule has 112 valence electrons. The molecule has 21 heavy (non-hydrogen) atoms. The molecule has 0 radical (unpaired) electrons. The maximum atomic E-state index is 11.3. The molecule has 2 aromatic rings. The lowest BCUT2D eigenvalue weighted by Gasteiger charge is -2.09. The number of carbonyl (C=O) groups excluding carboxylic acids is 1. The molecule has 1 aliphatic heterocycles. The van der Waals surface area contributed by atoms with Crippen molar-refractivity contribution in [1.82, 2.24) is 15.2 Å². The van der Waals surface area contributed by atoms with Gasteiger partial charge in [-0.15, -0.1) is 0 Å². The number of amides is 1. The first-order valence-corrected chi connectivity index (χ1v) is 6.95. The standard InChI is InChI=1S/C16H21N3O2/c1-19(2)6-5-12-9-17-15-4-3-11(8-14(12)15)7-13-10-21-16(20)18-13/h3-4,8-9,13,17H,5-7,10H2,1-2H3,(H,18,20)/t13-/m0/s1/i10D2,13D. The fraction of sp³-hybridized carbons (Fsp3) is 0.438.